The van der Waals surface area contributed by atoms with Gasteiger partial charge in [-0.05, 0) is 57.4 Å². The fourth-order valence-corrected chi connectivity index (χ4v) is 3.86. The number of aromatic nitrogens is 2. The van der Waals surface area contributed by atoms with E-state index in [9.17, 15) is 4.79 Å². The first-order valence-corrected chi connectivity index (χ1v) is 10.5. The Morgan fingerprint density at radius 3 is 2.70 bits per heavy atom. The molecule has 1 fully saturated rings. The van der Waals surface area contributed by atoms with Crippen LogP contribution in [0.1, 0.15) is 38.7 Å². The smallest absolute Gasteiger partial charge is 0.225 e. The van der Waals surface area contributed by atoms with E-state index in [0.29, 0.717) is 6.54 Å². The van der Waals surface area contributed by atoms with Crippen molar-refractivity contribution in [2.75, 3.05) is 18.0 Å². The molecule has 1 aromatic heterocycles. The molecule has 0 spiro atoms. The number of aryl methyl sites for hydroxylation is 1. The third-order valence-electron chi connectivity index (χ3n) is 4.99. The van der Waals surface area contributed by atoms with Gasteiger partial charge in [0.05, 0.1) is 5.92 Å². The molecule has 2 atom stereocenters. The zero-order valence-corrected chi connectivity index (χ0v) is 17.1. The maximum Gasteiger partial charge on any atom is 0.225 e. The van der Waals surface area contributed by atoms with E-state index in [2.05, 4.69) is 65.5 Å². The molecule has 6 heteroatoms. The molecule has 0 unspecified atom stereocenters. The van der Waals surface area contributed by atoms with E-state index in [1.165, 1.54) is 5.56 Å². The molecular formula is C21H28N4OS. The molecule has 144 valence electrons. The van der Waals surface area contributed by atoms with Gasteiger partial charge in [0.25, 0.3) is 0 Å². The van der Waals surface area contributed by atoms with Gasteiger partial charge in [0.1, 0.15) is 5.03 Å². The van der Waals surface area contributed by atoms with Crippen molar-refractivity contribution < 1.29 is 4.79 Å². The summed E-state index contributed by atoms with van der Waals surface area (Å²) in [6.45, 7) is 7.85. The van der Waals surface area contributed by atoms with Crippen LogP contribution in [0.3, 0.4) is 0 Å². The average molecular weight is 385 g/mol. The number of carbonyl (C=O) groups excluding carboxylic acids is 1. The molecule has 3 rings (SSSR count). The van der Waals surface area contributed by atoms with E-state index in [0.717, 1.165) is 41.5 Å². The first-order chi connectivity index (χ1) is 13.0. The van der Waals surface area contributed by atoms with E-state index < -0.39 is 0 Å². The normalized spacial score (nSPS) is 18.2. The monoisotopic (exact) mass is 384 g/mol. The highest BCUT2D eigenvalue weighted by Gasteiger charge is 2.27. The van der Waals surface area contributed by atoms with Crippen molar-refractivity contribution >= 4 is 23.5 Å². The van der Waals surface area contributed by atoms with Crippen molar-refractivity contribution in [3.8, 4) is 0 Å². The molecular weight excluding hydrogens is 356 g/mol. The van der Waals surface area contributed by atoms with Gasteiger partial charge in [-0.1, -0.05) is 36.4 Å². The lowest BCUT2D eigenvalue weighted by atomic mass is 9.96. The molecule has 0 saturated carbocycles. The van der Waals surface area contributed by atoms with Crippen molar-refractivity contribution in [3.05, 3.63) is 42.0 Å². The van der Waals surface area contributed by atoms with Gasteiger partial charge in [0.15, 0.2) is 5.82 Å². The minimum atomic E-state index is 0.0242. The standard InChI is InChI=1S/C21H28N4OS/c1-4-16(3)22-21(26)17-6-5-13-25(14-17)19-11-12-20(24-23-19)27-18-9-7-15(2)8-10-18/h7-12,16-17H,4-6,13-14H2,1-3H3,(H,22,26)/t16-,17+/m0/s1. The van der Waals surface area contributed by atoms with Crippen LogP contribution < -0.4 is 10.2 Å². The minimum absolute atomic E-state index is 0.0242. The van der Waals surface area contributed by atoms with Crippen molar-refractivity contribution in [3.63, 3.8) is 0 Å². The lowest BCUT2D eigenvalue weighted by Crippen LogP contribution is -2.45. The van der Waals surface area contributed by atoms with Crippen LogP contribution >= 0.6 is 11.8 Å². The summed E-state index contributed by atoms with van der Waals surface area (Å²) in [6, 6.07) is 12.6. The second-order valence-electron chi connectivity index (χ2n) is 7.25. The van der Waals surface area contributed by atoms with Gasteiger partial charge >= 0.3 is 0 Å². The highest BCUT2D eigenvalue weighted by molar-refractivity contribution is 7.99. The SMILES string of the molecule is CC[C@H](C)NC(=O)[C@@H]1CCCN(c2ccc(Sc3ccc(C)cc3)nn2)C1. The van der Waals surface area contributed by atoms with Crippen LogP contribution in [0.4, 0.5) is 5.82 Å². The molecule has 27 heavy (non-hydrogen) atoms. The molecule has 1 aliphatic rings. The number of amides is 1. The summed E-state index contributed by atoms with van der Waals surface area (Å²) < 4.78 is 0. The van der Waals surface area contributed by atoms with E-state index in [-0.39, 0.29) is 17.9 Å². The predicted molar refractivity (Wildman–Crippen MR) is 110 cm³/mol. The Balaban J connectivity index is 1.60. The quantitative estimate of drug-likeness (QED) is 0.814. The number of nitrogens with zero attached hydrogens (tertiary/aromatic N) is 3. The molecule has 1 N–H and O–H groups in total. The van der Waals surface area contributed by atoms with Crippen molar-refractivity contribution in [1.29, 1.82) is 0 Å². The molecule has 1 saturated heterocycles. The number of rotatable bonds is 6. The number of carbonyl (C=O) groups is 1. The van der Waals surface area contributed by atoms with Crippen LogP contribution in [0.15, 0.2) is 46.3 Å². The van der Waals surface area contributed by atoms with E-state index in [4.69, 9.17) is 0 Å². The second kappa shape index (κ2) is 9.22. The van der Waals surface area contributed by atoms with Crippen LogP contribution in [0.5, 0.6) is 0 Å². The third kappa shape index (κ3) is 5.45. The molecule has 5 nitrogen and oxygen atoms in total. The maximum absolute atomic E-state index is 12.4. The van der Waals surface area contributed by atoms with Gasteiger partial charge in [-0.25, -0.2) is 0 Å². The number of anilines is 1. The molecule has 2 aromatic rings. The summed E-state index contributed by atoms with van der Waals surface area (Å²) in [4.78, 5) is 15.8. The Hall–Kier alpha value is -2.08. The highest BCUT2D eigenvalue weighted by atomic mass is 32.2. The van der Waals surface area contributed by atoms with Crippen LogP contribution in [0.2, 0.25) is 0 Å². The van der Waals surface area contributed by atoms with Crippen LogP contribution in [0, 0.1) is 12.8 Å². The summed E-state index contributed by atoms with van der Waals surface area (Å²) in [5.74, 6) is 1.04. The van der Waals surface area contributed by atoms with E-state index in [1.807, 2.05) is 12.1 Å². The number of piperidine rings is 1. The number of hydrogen-bond acceptors (Lipinski definition) is 5. The molecule has 1 aliphatic heterocycles. The third-order valence-corrected chi connectivity index (χ3v) is 5.92. The molecule has 0 aliphatic carbocycles. The number of nitrogens with one attached hydrogen (secondary N) is 1. The zero-order valence-electron chi connectivity index (χ0n) is 16.3. The van der Waals surface area contributed by atoms with Crippen LogP contribution in [0.25, 0.3) is 0 Å². The first kappa shape index (κ1) is 19.7. The minimum Gasteiger partial charge on any atom is -0.354 e. The largest absolute Gasteiger partial charge is 0.354 e. The Bertz CT molecular complexity index is 748. The van der Waals surface area contributed by atoms with Gasteiger partial charge in [0.2, 0.25) is 5.91 Å². The maximum atomic E-state index is 12.4. The average Bonchev–Trinajstić information content (AvgIpc) is 2.70. The fraction of sp³-hybridized carbons (Fsp3) is 0.476. The van der Waals surface area contributed by atoms with Crippen molar-refractivity contribution in [2.45, 2.75) is 56.0 Å². The Morgan fingerprint density at radius 2 is 2.04 bits per heavy atom. The van der Waals surface area contributed by atoms with Gasteiger partial charge in [0, 0.05) is 24.0 Å². The zero-order chi connectivity index (χ0) is 19.2. The topological polar surface area (TPSA) is 58.1 Å². The Morgan fingerprint density at radius 1 is 1.26 bits per heavy atom. The second-order valence-corrected chi connectivity index (χ2v) is 8.34. The fourth-order valence-electron chi connectivity index (χ4n) is 3.13. The number of benzene rings is 1. The summed E-state index contributed by atoms with van der Waals surface area (Å²) >= 11 is 1.61. The summed E-state index contributed by atoms with van der Waals surface area (Å²) in [5, 5.41) is 12.8. The highest BCUT2D eigenvalue weighted by Crippen LogP contribution is 2.27. The lowest BCUT2D eigenvalue weighted by Gasteiger charge is -2.33. The first-order valence-electron chi connectivity index (χ1n) is 9.68. The van der Waals surface area contributed by atoms with Gasteiger partial charge in [-0.15, -0.1) is 10.2 Å². The Kier molecular flexibility index (Phi) is 6.72. The Labute approximate surface area is 165 Å². The van der Waals surface area contributed by atoms with Crippen LogP contribution in [-0.2, 0) is 4.79 Å². The summed E-state index contributed by atoms with van der Waals surface area (Å²) in [6.07, 6.45) is 2.89. The predicted octanol–water partition coefficient (Wildman–Crippen LogP) is 4.07. The van der Waals surface area contributed by atoms with Crippen molar-refractivity contribution in [1.82, 2.24) is 15.5 Å². The van der Waals surface area contributed by atoms with E-state index >= 15 is 0 Å². The van der Waals surface area contributed by atoms with Crippen LogP contribution in [-0.4, -0.2) is 35.2 Å². The molecule has 0 bridgehead atoms. The number of hydrogen-bond donors (Lipinski definition) is 1. The van der Waals surface area contributed by atoms with Gasteiger partial charge in [-0.2, -0.15) is 0 Å². The van der Waals surface area contributed by atoms with E-state index in [1.54, 1.807) is 11.8 Å². The molecule has 2 heterocycles. The molecule has 1 aromatic carbocycles. The summed E-state index contributed by atoms with van der Waals surface area (Å²) in [5.41, 5.74) is 1.25. The molecule has 1 amide bonds. The van der Waals surface area contributed by atoms with Gasteiger partial charge in [-0.3, -0.25) is 4.79 Å². The summed E-state index contributed by atoms with van der Waals surface area (Å²) in [7, 11) is 0. The van der Waals surface area contributed by atoms with Gasteiger partial charge < -0.3 is 10.2 Å². The molecule has 0 radical (unpaired) electrons. The lowest BCUT2D eigenvalue weighted by molar-refractivity contribution is -0.125. The van der Waals surface area contributed by atoms with Crippen molar-refractivity contribution in [2.24, 2.45) is 5.92 Å².